The lowest BCUT2D eigenvalue weighted by molar-refractivity contribution is -0.148. The summed E-state index contributed by atoms with van der Waals surface area (Å²) in [5.74, 6) is -0.0600. The van der Waals surface area contributed by atoms with Crippen LogP contribution in [0.4, 0.5) is 19.1 Å². The van der Waals surface area contributed by atoms with Gasteiger partial charge in [0.1, 0.15) is 6.61 Å². The van der Waals surface area contributed by atoms with Crippen molar-refractivity contribution in [3.8, 4) is 16.9 Å². The molecule has 0 unspecified atom stereocenters. The number of aliphatic carboxylic acids is 1. The van der Waals surface area contributed by atoms with Crippen molar-refractivity contribution in [3.63, 3.8) is 0 Å². The summed E-state index contributed by atoms with van der Waals surface area (Å²) >= 11 is 0. The van der Waals surface area contributed by atoms with Gasteiger partial charge in [-0.1, -0.05) is 67.4 Å². The van der Waals surface area contributed by atoms with Crippen LogP contribution in [0.2, 0.25) is 0 Å². The Hall–Kier alpha value is -4.40. The first kappa shape index (κ1) is 33.5. The summed E-state index contributed by atoms with van der Waals surface area (Å²) in [6, 6.07) is 16.7. The second-order valence-corrected chi connectivity index (χ2v) is 12.6. The zero-order chi connectivity index (χ0) is 33.1. The van der Waals surface area contributed by atoms with Gasteiger partial charge in [0.15, 0.2) is 5.75 Å². The van der Waals surface area contributed by atoms with E-state index in [2.05, 4.69) is 67.1 Å². The van der Waals surface area contributed by atoms with Crippen molar-refractivity contribution in [3.05, 3.63) is 106 Å². The Morgan fingerprint density at radius 1 is 0.889 bits per heavy atom. The molecule has 0 aliphatic rings. The van der Waals surface area contributed by atoms with E-state index >= 15 is 0 Å². The van der Waals surface area contributed by atoms with Crippen LogP contribution in [0.5, 0.6) is 5.75 Å². The average molecular weight is 620 g/mol. The Morgan fingerprint density at radius 2 is 1.58 bits per heavy atom. The molecule has 0 radical (unpaired) electrons. The van der Waals surface area contributed by atoms with Crippen molar-refractivity contribution >= 4 is 11.9 Å². The number of aromatic nitrogens is 2. The maximum atomic E-state index is 13.7. The number of alkyl halides is 3. The number of halogens is 3. The molecular weight excluding hydrogens is 579 g/mol. The van der Waals surface area contributed by atoms with Crippen molar-refractivity contribution in [1.29, 1.82) is 0 Å². The van der Waals surface area contributed by atoms with E-state index in [1.54, 1.807) is 26.8 Å². The first-order chi connectivity index (χ1) is 21.0. The van der Waals surface area contributed by atoms with Crippen molar-refractivity contribution < 1.29 is 27.8 Å². The molecule has 0 aliphatic heterocycles. The van der Waals surface area contributed by atoms with Crippen LogP contribution >= 0.6 is 0 Å². The molecule has 0 fully saturated rings. The number of hydrogen-bond donors (Lipinski definition) is 1. The standard InChI is InChI=1S/C36H40F3N3O3/c1-22(2)27-10-9-25(5)32(16-27)31-11-8-23(3)13-28(31)20-42(19-26-12-24(4)14-29(15-26)36(37,38)39)34-40-17-30(18-41-34)45-21-35(6,7)33(43)44/h8-18,22H,19-21H2,1-7H3,(H,43,44). The molecule has 0 atom stereocenters. The van der Waals surface area contributed by atoms with E-state index in [1.165, 1.54) is 24.0 Å². The van der Waals surface area contributed by atoms with Gasteiger partial charge in [-0.2, -0.15) is 13.2 Å². The predicted molar refractivity (Wildman–Crippen MR) is 170 cm³/mol. The van der Waals surface area contributed by atoms with Gasteiger partial charge in [-0.25, -0.2) is 9.97 Å². The smallest absolute Gasteiger partial charge is 0.416 e. The van der Waals surface area contributed by atoms with Crippen LogP contribution in [0.15, 0.2) is 67.0 Å². The van der Waals surface area contributed by atoms with Crippen LogP contribution < -0.4 is 9.64 Å². The molecule has 45 heavy (non-hydrogen) atoms. The molecule has 9 heteroatoms. The van der Waals surface area contributed by atoms with Crippen LogP contribution in [-0.2, 0) is 24.1 Å². The van der Waals surface area contributed by atoms with E-state index in [0.717, 1.165) is 33.9 Å². The van der Waals surface area contributed by atoms with Gasteiger partial charge in [0.2, 0.25) is 5.95 Å². The van der Waals surface area contributed by atoms with Gasteiger partial charge in [-0.15, -0.1) is 0 Å². The molecule has 0 aliphatic carbocycles. The molecule has 238 valence electrons. The maximum Gasteiger partial charge on any atom is 0.416 e. The van der Waals surface area contributed by atoms with Gasteiger partial charge in [-0.05, 0) is 86.1 Å². The van der Waals surface area contributed by atoms with E-state index in [9.17, 15) is 23.1 Å². The second kappa shape index (κ2) is 13.3. The summed E-state index contributed by atoms with van der Waals surface area (Å²) < 4.78 is 46.8. The summed E-state index contributed by atoms with van der Waals surface area (Å²) in [5, 5.41) is 9.40. The maximum absolute atomic E-state index is 13.7. The van der Waals surface area contributed by atoms with Crippen LogP contribution in [-0.4, -0.2) is 27.7 Å². The van der Waals surface area contributed by atoms with E-state index in [4.69, 9.17) is 4.74 Å². The molecule has 1 N–H and O–H groups in total. The molecule has 0 bridgehead atoms. The normalized spacial score (nSPS) is 12.0. The minimum atomic E-state index is -4.48. The number of hydrogen-bond acceptors (Lipinski definition) is 5. The molecule has 6 nitrogen and oxygen atoms in total. The quantitative estimate of drug-likeness (QED) is 0.181. The fourth-order valence-electron chi connectivity index (χ4n) is 5.02. The lowest BCUT2D eigenvalue weighted by Gasteiger charge is -2.26. The van der Waals surface area contributed by atoms with Gasteiger partial charge in [0.25, 0.3) is 0 Å². The number of ether oxygens (including phenoxy) is 1. The summed E-state index contributed by atoms with van der Waals surface area (Å²) in [5.41, 5.74) is 5.64. The Bertz CT molecular complexity index is 1660. The van der Waals surface area contributed by atoms with E-state index in [0.29, 0.717) is 35.3 Å². The zero-order valence-corrected chi connectivity index (χ0v) is 26.8. The minimum absolute atomic E-state index is 0.0836. The fourth-order valence-corrected chi connectivity index (χ4v) is 5.02. The van der Waals surface area contributed by atoms with Crippen LogP contribution in [0.3, 0.4) is 0 Å². The fraction of sp³-hybridized carbons (Fsp3) is 0.361. The van der Waals surface area contributed by atoms with Crippen molar-refractivity contribution in [2.75, 3.05) is 11.5 Å². The van der Waals surface area contributed by atoms with Crippen molar-refractivity contribution in [2.45, 2.75) is 73.6 Å². The predicted octanol–water partition coefficient (Wildman–Crippen LogP) is 8.91. The lowest BCUT2D eigenvalue weighted by atomic mass is 9.90. The number of rotatable bonds is 11. The highest BCUT2D eigenvalue weighted by Gasteiger charge is 2.31. The number of carboxylic acid groups (broad SMARTS) is 1. The van der Waals surface area contributed by atoms with E-state index < -0.39 is 23.1 Å². The molecule has 0 spiro atoms. The third-order valence-electron chi connectivity index (χ3n) is 7.75. The van der Waals surface area contributed by atoms with E-state index in [-0.39, 0.29) is 13.2 Å². The molecule has 0 saturated carbocycles. The zero-order valence-electron chi connectivity index (χ0n) is 26.8. The Kier molecular flexibility index (Phi) is 9.90. The average Bonchev–Trinajstić information content (AvgIpc) is 2.96. The Labute approximate surface area is 262 Å². The summed E-state index contributed by atoms with van der Waals surface area (Å²) in [6.07, 6.45) is -1.57. The minimum Gasteiger partial charge on any atom is -0.489 e. The molecule has 4 aromatic rings. The van der Waals surface area contributed by atoms with Gasteiger partial charge < -0.3 is 14.7 Å². The van der Waals surface area contributed by atoms with E-state index in [1.807, 2.05) is 11.8 Å². The second-order valence-electron chi connectivity index (χ2n) is 12.6. The molecule has 1 heterocycles. The van der Waals surface area contributed by atoms with Gasteiger partial charge in [-0.3, -0.25) is 4.79 Å². The first-order valence-corrected chi connectivity index (χ1v) is 14.8. The Morgan fingerprint density at radius 3 is 2.20 bits per heavy atom. The van der Waals surface area contributed by atoms with Gasteiger partial charge in [0, 0.05) is 13.1 Å². The number of aryl methyl sites for hydroxylation is 3. The number of benzene rings is 3. The SMILES string of the molecule is Cc1cc(CN(Cc2cc(C)ccc2-c2cc(C(C)C)ccc2C)c2ncc(OCC(C)(C)C(=O)O)cn2)cc(C(F)(F)F)c1. The van der Waals surface area contributed by atoms with Crippen molar-refractivity contribution in [1.82, 2.24) is 9.97 Å². The van der Waals surface area contributed by atoms with Crippen LogP contribution in [0.1, 0.15) is 72.6 Å². The topological polar surface area (TPSA) is 75.6 Å². The highest BCUT2D eigenvalue weighted by atomic mass is 19.4. The molecule has 0 amide bonds. The monoisotopic (exact) mass is 619 g/mol. The Balaban J connectivity index is 1.76. The van der Waals surface area contributed by atoms with Crippen molar-refractivity contribution in [2.24, 2.45) is 5.41 Å². The largest absolute Gasteiger partial charge is 0.489 e. The number of carbonyl (C=O) groups is 1. The molecule has 0 saturated heterocycles. The summed E-state index contributed by atoms with van der Waals surface area (Å²) in [7, 11) is 0. The van der Waals surface area contributed by atoms with Crippen LogP contribution in [0.25, 0.3) is 11.1 Å². The van der Waals surface area contributed by atoms with Crippen LogP contribution in [0, 0.1) is 26.2 Å². The lowest BCUT2D eigenvalue weighted by Crippen LogP contribution is -2.30. The molecule has 1 aromatic heterocycles. The highest BCUT2D eigenvalue weighted by molar-refractivity contribution is 5.74. The van der Waals surface area contributed by atoms with Gasteiger partial charge in [0.05, 0.1) is 23.4 Å². The first-order valence-electron chi connectivity index (χ1n) is 14.8. The number of nitrogens with zero attached hydrogens (tertiary/aromatic N) is 3. The highest BCUT2D eigenvalue weighted by Crippen LogP contribution is 2.34. The summed E-state index contributed by atoms with van der Waals surface area (Å²) in [6.45, 7) is 13.5. The molecule has 3 aromatic carbocycles. The number of anilines is 1. The third-order valence-corrected chi connectivity index (χ3v) is 7.75. The molecular formula is C36H40F3N3O3. The number of carboxylic acids is 1. The molecule has 4 rings (SSSR count). The van der Waals surface area contributed by atoms with Gasteiger partial charge >= 0.3 is 12.1 Å². The third kappa shape index (κ3) is 8.41. The summed E-state index contributed by atoms with van der Waals surface area (Å²) in [4.78, 5) is 22.3.